The Morgan fingerprint density at radius 2 is 2.75 bits per heavy atom. The molecule has 0 bridgehead atoms. The van der Waals surface area contributed by atoms with Gasteiger partial charge in [0.25, 0.3) is 0 Å². The van der Waals surface area contributed by atoms with E-state index < -0.39 is 5.82 Å². The first-order valence-corrected chi connectivity index (χ1v) is 2.43. The minimum atomic E-state index is -0.396. The molecule has 0 aromatic carbocycles. The Hall–Kier alpha value is -0.860. The van der Waals surface area contributed by atoms with Gasteiger partial charge < -0.3 is 0 Å². The van der Waals surface area contributed by atoms with Crippen molar-refractivity contribution in [3.05, 3.63) is 18.2 Å². The first-order chi connectivity index (χ1) is 3.83. The van der Waals surface area contributed by atoms with Gasteiger partial charge in [-0.2, -0.15) is 5.10 Å². The van der Waals surface area contributed by atoms with Crippen LogP contribution in [0.15, 0.2) is 6.20 Å². The van der Waals surface area contributed by atoms with Gasteiger partial charge in [0.15, 0.2) is 5.82 Å². The monoisotopic (exact) mass is 113 g/mol. The van der Waals surface area contributed by atoms with Gasteiger partial charge >= 0.3 is 0 Å². The van der Waals surface area contributed by atoms with Crippen LogP contribution in [0.5, 0.6) is 0 Å². The lowest BCUT2D eigenvalue weighted by atomic mass is 10.7. The molecule has 1 heterocycles. The fourth-order valence-electron chi connectivity index (χ4n) is 0.462. The van der Waals surface area contributed by atoms with E-state index in [-0.39, 0.29) is 0 Å². The molecule has 0 atom stereocenters. The maximum atomic E-state index is 12.0. The van der Waals surface area contributed by atoms with E-state index in [1.165, 1.54) is 4.68 Å². The van der Waals surface area contributed by atoms with Crippen LogP contribution in [0.2, 0.25) is 0 Å². The number of rotatable bonds is 1. The predicted molar refractivity (Wildman–Crippen MR) is 26.7 cm³/mol. The summed E-state index contributed by atoms with van der Waals surface area (Å²) in [6, 6.07) is 0. The molecule has 0 aliphatic carbocycles. The third kappa shape index (κ3) is 0.857. The van der Waals surface area contributed by atoms with E-state index >= 15 is 0 Å². The van der Waals surface area contributed by atoms with Crippen molar-refractivity contribution >= 4 is 0 Å². The highest BCUT2D eigenvalue weighted by Gasteiger charge is 1.91. The molecule has 1 radical (unpaired) electrons. The molecule has 2 nitrogen and oxygen atoms in total. The van der Waals surface area contributed by atoms with Gasteiger partial charge in [-0.3, -0.25) is 4.68 Å². The maximum Gasteiger partial charge on any atom is 0.170 e. The van der Waals surface area contributed by atoms with Crippen LogP contribution in [0.1, 0.15) is 6.92 Å². The van der Waals surface area contributed by atoms with Crippen LogP contribution in [0.25, 0.3) is 0 Å². The van der Waals surface area contributed by atoms with Crippen LogP contribution in [0.4, 0.5) is 4.39 Å². The lowest BCUT2D eigenvalue weighted by molar-refractivity contribution is 0.609. The molecule has 3 heteroatoms. The first-order valence-electron chi connectivity index (χ1n) is 2.43. The maximum absolute atomic E-state index is 12.0. The van der Waals surface area contributed by atoms with E-state index in [4.69, 9.17) is 0 Å². The number of aromatic nitrogens is 2. The topological polar surface area (TPSA) is 17.8 Å². The predicted octanol–water partition coefficient (Wildman–Crippen LogP) is 0.842. The minimum Gasteiger partial charge on any atom is -0.260 e. The number of hydrogen-bond donors (Lipinski definition) is 0. The molecule has 0 saturated heterocycles. The first kappa shape index (κ1) is 5.28. The summed E-state index contributed by atoms with van der Waals surface area (Å²) in [5.74, 6) is -0.396. The zero-order chi connectivity index (χ0) is 5.98. The van der Waals surface area contributed by atoms with Gasteiger partial charge in [-0.1, -0.05) is 0 Å². The van der Waals surface area contributed by atoms with E-state index in [0.29, 0.717) is 6.54 Å². The van der Waals surface area contributed by atoms with Crippen LogP contribution < -0.4 is 0 Å². The Bertz CT molecular complexity index is 171. The molecule has 1 rings (SSSR count). The quantitative estimate of drug-likeness (QED) is 0.527. The van der Waals surface area contributed by atoms with Gasteiger partial charge in [-0.05, 0) is 6.92 Å². The van der Waals surface area contributed by atoms with Crippen molar-refractivity contribution < 1.29 is 4.39 Å². The molecule has 0 amide bonds. The summed E-state index contributed by atoms with van der Waals surface area (Å²) in [6.45, 7) is 2.55. The SMILES string of the molecule is CCn1[c]c(F)cn1. The molecule has 0 N–H and O–H groups in total. The summed E-state index contributed by atoms with van der Waals surface area (Å²) in [7, 11) is 0. The van der Waals surface area contributed by atoms with E-state index in [2.05, 4.69) is 11.3 Å². The standard InChI is InChI=1S/C5H6FN2/c1-2-8-4-5(6)3-7-8/h3H,2H2,1H3. The lowest BCUT2D eigenvalue weighted by Gasteiger charge is -1.86. The molecule has 1 aromatic heterocycles. The summed E-state index contributed by atoms with van der Waals surface area (Å²) in [6.07, 6.45) is 3.51. The van der Waals surface area contributed by atoms with E-state index in [0.717, 1.165) is 6.20 Å². The lowest BCUT2D eigenvalue weighted by Crippen LogP contribution is -1.92. The molecular weight excluding hydrogens is 107 g/mol. The summed E-state index contributed by atoms with van der Waals surface area (Å²) < 4.78 is 13.4. The molecular formula is C5H6FN2. The second kappa shape index (κ2) is 1.94. The van der Waals surface area contributed by atoms with Crippen molar-refractivity contribution in [1.82, 2.24) is 9.78 Å². The fourth-order valence-corrected chi connectivity index (χ4v) is 0.462. The number of nitrogens with zero attached hydrogens (tertiary/aromatic N) is 2. The Kier molecular flexibility index (Phi) is 1.28. The van der Waals surface area contributed by atoms with Crippen LogP contribution in [-0.2, 0) is 6.54 Å². The van der Waals surface area contributed by atoms with Crippen molar-refractivity contribution in [2.75, 3.05) is 0 Å². The summed E-state index contributed by atoms with van der Waals surface area (Å²) >= 11 is 0. The second-order valence-corrected chi connectivity index (χ2v) is 1.42. The molecule has 0 saturated carbocycles. The molecule has 1 aromatic rings. The molecule has 8 heavy (non-hydrogen) atoms. The molecule has 43 valence electrons. The van der Waals surface area contributed by atoms with Crippen molar-refractivity contribution in [2.45, 2.75) is 13.5 Å². The van der Waals surface area contributed by atoms with Gasteiger partial charge in [-0.15, -0.1) is 0 Å². The van der Waals surface area contributed by atoms with Gasteiger partial charge in [0.1, 0.15) is 6.20 Å². The average molecular weight is 113 g/mol. The number of halogens is 1. The van der Waals surface area contributed by atoms with E-state index in [1.807, 2.05) is 6.92 Å². The van der Waals surface area contributed by atoms with Crippen LogP contribution >= 0.6 is 0 Å². The Morgan fingerprint density at radius 1 is 2.00 bits per heavy atom. The van der Waals surface area contributed by atoms with E-state index in [9.17, 15) is 4.39 Å². The van der Waals surface area contributed by atoms with Gasteiger partial charge in [0.2, 0.25) is 0 Å². The fraction of sp³-hybridized carbons (Fsp3) is 0.400. The van der Waals surface area contributed by atoms with E-state index in [1.54, 1.807) is 0 Å². The number of aryl methyl sites for hydroxylation is 1. The Labute approximate surface area is 46.9 Å². The average Bonchev–Trinajstić information content (AvgIpc) is 2.14. The van der Waals surface area contributed by atoms with Crippen molar-refractivity contribution in [2.24, 2.45) is 0 Å². The highest BCUT2D eigenvalue weighted by molar-refractivity contribution is 4.80. The highest BCUT2D eigenvalue weighted by atomic mass is 19.1. The van der Waals surface area contributed by atoms with Crippen molar-refractivity contribution in [3.8, 4) is 0 Å². The zero-order valence-electron chi connectivity index (χ0n) is 4.56. The number of hydrogen-bond acceptors (Lipinski definition) is 1. The van der Waals surface area contributed by atoms with Crippen molar-refractivity contribution in [3.63, 3.8) is 0 Å². The molecule has 0 fully saturated rings. The van der Waals surface area contributed by atoms with Gasteiger partial charge in [-0.25, -0.2) is 4.39 Å². The minimum absolute atomic E-state index is 0.396. The molecule has 0 spiro atoms. The molecule has 0 aliphatic heterocycles. The Balaban J connectivity index is 2.84. The summed E-state index contributed by atoms with van der Waals surface area (Å²) in [5.41, 5.74) is 0. The van der Waals surface area contributed by atoms with Crippen LogP contribution in [-0.4, -0.2) is 9.78 Å². The van der Waals surface area contributed by atoms with Gasteiger partial charge in [0.05, 0.1) is 6.20 Å². The normalized spacial score (nSPS) is 9.75. The van der Waals surface area contributed by atoms with Gasteiger partial charge in [0, 0.05) is 6.54 Å². The zero-order valence-corrected chi connectivity index (χ0v) is 4.56. The largest absolute Gasteiger partial charge is 0.260 e. The third-order valence-corrected chi connectivity index (χ3v) is 0.846. The third-order valence-electron chi connectivity index (χ3n) is 0.846. The van der Waals surface area contributed by atoms with Crippen LogP contribution in [0, 0.1) is 12.0 Å². The summed E-state index contributed by atoms with van der Waals surface area (Å²) in [4.78, 5) is 0. The molecule has 0 aliphatic rings. The molecule has 0 unspecified atom stereocenters. The second-order valence-electron chi connectivity index (χ2n) is 1.42. The van der Waals surface area contributed by atoms with Crippen LogP contribution in [0.3, 0.4) is 0 Å². The smallest absolute Gasteiger partial charge is 0.170 e. The van der Waals surface area contributed by atoms with Crippen molar-refractivity contribution in [1.29, 1.82) is 0 Å². The Morgan fingerprint density at radius 3 is 3.00 bits per heavy atom. The summed E-state index contributed by atoms with van der Waals surface area (Å²) in [5, 5.41) is 3.62. The highest BCUT2D eigenvalue weighted by Crippen LogP contribution is 1.90.